The summed E-state index contributed by atoms with van der Waals surface area (Å²) in [6, 6.07) is 2.10. The summed E-state index contributed by atoms with van der Waals surface area (Å²) in [7, 11) is 2.09. The number of fused-ring (bicyclic) bond motifs is 2. The molecule has 3 nitrogen and oxygen atoms in total. The van der Waals surface area contributed by atoms with E-state index in [-0.39, 0.29) is 0 Å². The first-order chi connectivity index (χ1) is 7.70. The molecule has 0 aliphatic heterocycles. The molecule has 82 valence electrons. The Morgan fingerprint density at radius 1 is 1.38 bits per heavy atom. The van der Waals surface area contributed by atoms with E-state index in [2.05, 4.69) is 48.3 Å². The molecule has 0 fully saturated rings. The van der Waals surface area contributed by atoms with E-state index in [1.165, 1.54) is 22.3 Å². The molecule has 0 N–H and O–H groups in total. The number of pyridine rings is 1. The molecule has 0 unspecified atom stereocenters. The molecule has 0 amide bonds. The maximum atomic E-state index is 5.53. The lowest BCUT2D eigenvalue weighted by Gasteiger charge is -1.91. The van der Waals surface area contributed by atoms with Crippen molar-refractivity contribution in [3.8, 4) is 0 Å². The highest BCUT2D eigenvalue weighted by Crippen LogP contribution is 2.20. The number of aromatic nitrogens is 2. The molecule has 0 atom stereocenters. The maximum absolute atomic E-state index is 5.53. The topological polar surface area (TPSA) is 22.2 Å². The fourth-order valence-electron chi connectivity index (χ4n) is 2.24. The Bertz CT molecular complexity index is 676. The summed E-state index contributed by atoms with van der Waals surface area (Å²) < 4.78 is 9.90. The Hall–Kier alpha value is -1.77. The van der Waals surface area contributed by atoms with Gasteiger partial charge in [0.1, 0.15) is 23.7 Å². The van der Waals surface area contributed by atoms with Gasteiger partial charge in [0.25, 0.3) is 5.65 Å². The van der Waals surface area contributed by atoms with E-state index >= 15 is 0 Å². The van der Waals surface area contributed by atoms with E-state index < -0.39 is 0 Å². The van der Waals surface area contributed by atoms with Gasteiger partial charge in [-0.1, -0.05) is 6.92 Å². The van der Waals surface area contributed by atoms with Gasteiger partial charge in [0.15, 0.2) is 0 Å². The summed E-state index contributed by atoms with van der Waals surface area (Å²) in [5.74, 6) is 0. The minimum atomic E-state index is 0.960. The minimum absolute atomic E-state index is 0.960. The largest absolute Gasteiger partial charge is 0.464 e. The summed E-state index contributed by atoms with van der Waals surface area (Å²) in [6.45, 7) is 4.24. The molecule has 0 spiro atoms. The van der Waals surface area contributed by atoms with Crippen LogP contribution in [0, 0.1) is 6.92 Å². The summed E-state index contributed by atoms with van der Waals surface area (Å²) in [4.78, 5) is 0. The average molecular weight is 215 g/mol. The molecule has 3 rings (SSSR count). The van der Waals surface area contributed by atoms with E-state index in [0.29, 0.717) is 0 Å². The highest BCUT2D eigenvalue weighted by molar-refractivity contribution is 5.81. The van der Waals surface area contributed by atoms with E-state index in [4.69, 9.17) is 4.42 Å². The zero-order valence-electron chi connectivity index (χ0n) is 9.82. The first-order valence-corrected chi connectivity index (χ1v) is 5.58. The third kappa shape index (κ3) is 1.11. The van der Waals surface area contributed by atoms with Crippen molar-refractivity contribution in [2.75, 3.05) is 0 Å². The van der Waals surface area contributed by atoms with Crippen LogP contribution in [0.3, 0.4) is 0 Å². The summed E-state index contributed by atoms with van der Waals surface area (Å²) in [6.07, 6.45) is 7.17. The van der Waals surface area contributed by atoms with Crippen LogP contribution in [-0.4, -0.2) is 4.57 Å². The van der Waals surface area contributed by atoms with Crippen molar-refractivity contribution in [2.24, 2.45) is 7.05 Å². The highest BCUT2D eigenvalue weighted by Gasteiger charge is 2.15. The Labute approximate surface area is 93.9 Å². The van der Waals surface area contributed by atoms with Gasteiger partial charge in [0.2, 0.25) is 0 Å². The van der Waals surface area contributed by atoms with Gasteiger partial charge in [-0.05, 0) is 12.5 Å². The molecule has 0 aliphatic rings. The molecular weight excluding hydrogens is 200 g/mol. The van der Waals surface area contributed by atoms with Crippen molar-refractivity contribution >= 4 is 16.6 Å². The van der Waals surface area contributed by atoms with Crippen molar-refractivity contribution in [2.45, 2.75) is 20.3 Å². The van der Waals surface area contributed by atoms with E-state index in [0.717, 1.165) is 12.0 Å². The van der Waals surface area contributed by atoms with Crippen molar-refractivity contribution < 1.29 is 8.82 Å². The number of nitrogens with zero attached hydrogens (tertiary/aromatic N) is 2. The van der Waals surface area contributed by atoms with Crippen molar-refractivity contribution in [1.82, 2.24) is 4.57 Å². The van der Waals surface area contributed by atoms with Crippen molar-refractivity contribution in [3.05, 3.63) is 36.0 Å². The molecule has 3 heteroatoms. The lowest BCUT2D eigenvalue weighted by molar-refractivity contribution is -0.509. The van der Waals surface area contributed by atoms with Crippen molar-refractivity contribution in [1.29, 1.82) is 0 Å². The van der Waals surface area contributed by atoms with Gasteiger partial charge in [-0.2, -0.15) is 0 Å². The van der Waals surface area contributed by atoms with Crippen LogP contribution in [0.5, 0.6) is 0 Å². The smallest absolute Gasteiger partial charge is 0.289 e. The number of furan rings is 1. The number of aryl methyl sites for hydroxylation is 3. The third-order valence-electron chi connectivity index (χ3n) is 3.27. The van der Waals surface area contributed by atoms with Gasteiger partial charge in [0.05, 0.1) is 24.8 Å². The van der Waals surface area contributed by atoms with Crippen LogP contribution in [0.15, 0.2) is 29.1 Å². The van der Waals surface area contributed by atoms with Gasteiger partial charge in [-0.3, -0.25) is 0 Å². The van der Waals surface area contributed by atoms with Crippen LogP contribution in [0.2, 0.25) is 0 Å². The van der Waals surface area contributed by atoms with E-state index in [1.807, 2.05) is 6.26 Å². The van der Waals surface area contributed by atoms with Crippen LogP contribution in [-0.2, 0) is 13.5 Å². The summed E-state index contributed by atoms with van der Waals surface area (Å²) in [5.41, 5.74) is 4.64. The standard InChI is InChI=1S/C13H15N2O/c1-4-10-6-15-7-11-9(2)8-16-12(11)5-13(15)14(10)3/h5-8H,4H2,1-3H3/q+1. The Balaban J connectivity index is 2.45. The molecule has 16 heavy (non-hydrogen) atoms. The number of rotatable bonds is 1. The molecule has 3 aromatic rings. The lowest BCUT2D eigenvalue weighted by Crippen LogP contribution is -2.18. The van der Waals surface area contributed by atoms with Gasteiger partial charge < -0.3 is 4.42 Å². The van der Waals surface area contributed by atoms with Crippen LogP contribution in [0.4, 0.5) is 0 Å². The molecule has 0 radical (unpaired) electrons. The molecular formula is C13H15N2O+. The van der Waals surface area contributed by atoms with Crippen LogP contribution in [0.1, 0.15) is 18.2 Å². The predicted molar refractivity (Wildman–Crippen MR) is 62.5 cm³/mol. The number of imidazole rings is 1. The average Bonchev–Trinajstić information content (AvgIpc) is 2.80. The summed E-state index contributed by atoms with van der Waals surface area (Å²) >= 11 is 0. The SMILES string of the molecule is CCc1c[n+]2cc3c(C)coc3cc2n1C. The predicted octanol–water partition coefficient (Wildman–Crippen LogP) is 2.38. The van der Waals surface area contributed by atoms with E-state index in [9.17, 15) is 0 Å². The fraction of sp³-hybridized carbons (Fsp3) is 0.308. The second kappa shape index (κ2) is 3.11. The third-order valence-corrected chi connectivity index (χ3v) is 3.27. The fourth-order valence-corrected chi connectivity index (χ4v) is 2.24. The molecule has 3 heterocycles. The lowest BCUT2D eigenvalue weighted by atomic mass is 10.2. The zero-order valence-corrected chi connectivity index (χ0v) is 9.82. The van der Waals surface area contributed by atoms with Crippen LogP contribution in [0.25, 0.3) is 16.6 Å². The molecule has 3 aromatic heterocycles. The van der Waals surface area contributed by atoms with Gasteiger partial charge in [0, 0.05) is 6.42 Å². The zero-order chi connectivity index (χ0) is 11.3. The minimum Gasteiger partial charge on any atom is -0.464 e. The van der Waals surface area contributed by atoms with Gasteiger partial charge in [-0.15, -0.1) is 0 Å². The first kappa shape index (κ1) is 9.46. The van der Waals surface area contributed by atoms with Gasteiger partial charge in [-0.25, -0.2) is 8.97 Å². The monoisotopic (exact) mass is 215 g/mol. The Morgan fingerprint density at radius 2 is 2.19 bits per heavy atom. The molecule has 0 aromatic carbocycles. The molecule has 0 saturated heterocycles. The second-order valence-corrected chi connectivity index (χ2v) is 4.27. The van der Waals surface area contributed by atoms with Crippen LogP contribution < -0.4 is 4.40 Å². The van der Waals surface area contributed by atoms with Gasteiger partial charge >= 0.3 is 0 Å². The normalized spacial score (nSPS) is 11.7. The van der Waals surface area contributed by atoms with Crippen LogP contribution >= 0.6 is 0 Å². The highest BCUT2D eigenvalue weighted by atomic mass is 16.3. The number of hydrogen-bond acceptors (Lipinski definition) is 1. The maximum Gasteiger partial charge on any atom is 0.289 e. The molecule has 0 bridgehead atoms. The molecule has 0 aliphatic carbocycles. The second-order valence-electron chi connectivity index (χ2n) is 4.27. The number of hydrogen-bond donors (Lipinski definition) is 0. The Kier molecular flexibility index (Phi) is 1.84. The molecule has 0 saturated carbocycles. The van der Waals surface area contributed by atoms with Crippen molar-refractivity contribution in [3.63, 3.8) is 0 Å². The Morgan fingerprint density at radius 3 is 2.94 bits per heavy atom. The quantitative estimate of drug-likeness (QED) is 0.571. The first-order valence-electron chi connectivity index (χ1n) is 5.58. The summed E-state index contributed by atoms with van der Waals surface area (Å²) in [5, 5.41) is 1.19. The van der Waals surface area contributed by atoms with E-state index in [1.54, 1.807) is 0 Å².